The summed E-state index contributed by atoms with van der Waals surface area (Å²) in [6.07, 6.45) is 4.08. The molecule has 0 fully saturated rings. The summed E-state index contributed by atoms with van der Waals surface area (Å²) in [6.45, 7) is 8.51. The summed E-state index contributed by atoms with van der Waals surface area (Å²) in [5.74, 6) is -1.93. The molecule has 4 amide bonds. The fourth-order valence-corrected chi connectivity index (χ4v) is 10.4. The predicted octanol–water partition coefficient (Wildman–Crippen LogP) is 3.65. The smallest absolute Gasteiger partial charge is 0.415 e. The molecule has 0 saturated heterocycles. The van der Waals surface area contributed by atoms with Crippen molar-refractivity contribution in [1.29, 1.82) is 0 Å². The van der Waals surface area contributed by atoms with Crippen LogP contribution in [0.2, 0.25) is 0 Å². The highest BCUT2D eigenvalue weighted by Gasteiger charge is 2.45. The van der Waals surface area contributed by atoms with Crippen molar-refractivity contribution < 1.29 is 71.9 Å². The van der Waals surface area contributed by atoms with Crippen LogP contribution in [0.1, 0.15) is 113 Å². The Labute approximate surface area is 489 Å². The molecular formula is C59H72N10O16. The van der Waals surface area contributed by atoms with Crippen molar-refractivity contribution in [3.05, 3.63) is 103 Å². The largest absolute Gasteiger partial charge is 0.458 e. The van der Waals surface area contributed by atoms with Crippen molar-refractivity contribution in [3.63, 3.8) is 0 Å². The highest BCUT2D eigenvalue weighted by Crippen LogP contribution is 2.41. The van der Waals surface area contributed by atoms with Crippen LogP contribution in [0.5, 0.6) is 5.75 Å². The number of nitrogens with one attached hydrogen (secondary N) is 2. The first-order valence-corrected chi connectivity index (χ1v) is 28.3. The predicted molar refractivity (Wildman–Crippen MR) is 304 cm³/mol. The number of hydrogen-bond donors (Lipinski definition) is 3. The van der Waals surface area contributed by atoms with Crippen molar-refractivity contribution in [2.75, 3.05) is 80.4 Å². The number of cyclic esters (lactones) is 1. The molecule has 6 heterocycles. The lowest BCUT2D eigenvalue weighted by molar-refractivity contribution is -0.172. The van der Waals surface area contributed by atoms with Gasteiger partial charge in [0.1, 0.15) is 37.0 Å². The molecule has 1 atom stereocenters. The van der Waals surface area contributed by atoms with Gasteiger partial charge in [-0.2, -0.15) is 0 Å². The first-order chi connectivity index (χ1) is 40.8. The molecular weight excluding hydrogens is 1100 g/mol. The molecule has 8 rings (SSSR count). The Morgan fingerprint density at radius 1 is 0.859 bits per heavy atom. The second-order valence-electron chi connectivity index (χ2n) is 20.9. The zero-order valence-electron chi connectivity index (χ0n) is 49.0. The van der Waals surface area contributed by atoms with Crippen molar-refractivity contribution in [3.8, 4) is 17.1 Å². The van der Waals surface area contributed by atoms with Crippen molar-refractivity contribution in [2.45, 2.75) is 111 Å². The lowest BCUT2D eigenvalue weighted by atomic mass is 9.86. The molecule has 2 aliphatic heterocycles. The topological polar surface area (TPSA) is 313 Å². The Balaban J connectivity index is 0.752. The number of allylic oxidation sites excluding steroid dienone is 2. The van der Waals surface area contributed by atoms with E-state index in [1.54, 1.807) is 60.6 Å². The van der Waals surface area contributed by atoms with E-state index in [2.05, 4.69) is 20.9 Å². The number of nitrogens with zero attached hydrogens (tertiary/aromatic N) is 8. The maximum atomic E-state index is 13.8. The summed E-state index contributed by atoms with van der Waals surface area (Å²) in [7, 11) is 4.55. The van der Waals surface area contributed by atoms with E-state index in [4.69, 9.17) is 33.4 Å². The van der Waals surface area contributed by atoms with E-state index in [0.717, 1.165) is 11.1 Å². The van der Waals surface area contributed by atoms with E-state index in [0.29, 0.717) is 105 Å². The molecule has 0 spiro atoms. The molecule has 4 aromatic heterocycles. The molecule has 0 bridgehead atoms. The first kappa shape index (κ1) is 62.6. The molecule has 454 valence electrons. The zero-order valence-corrected chi connectivity index (χ0v) is 49.0. The number of aryl methyl sites for hydroxylation is 2. The Hall–Kier alpha value is -8.46. The second kappa shape index (κ2) is 28.0. The lowest BCUT2D eigenvalue weighted by Gasteiger charge is -2.31. The maximum absolute atomic E-state index is 13.8. The van der Waals surface area contributed by atoms with Crippen LogP contribution in [-0.4, -0.2) is 172 Å². The Kier molecular flexibility index (Phi) is 20.6. The van der Waals surface area contributed by atoms with E-state index < -0.39 is 41.2 Å². The minimum atomic E-state index is -1.96. The van der Waals surface area contributed by atoms with Crippen molar-refractivity contribution in [1.82, 2.24) is 49.5 Å². The minimum Gasteiger partial charge on any atom is -0.458 e. The normalized spacial score (nSPS) is 14.9. The Morgan fingerprint density at radius 2 is 1.58 bits per heavy atom. The minimum absolute atomic E-state index is 0.0147. The van der Waals surface area contributed by atoms with Gasteiger partial charge in [0.2, 0.25) is 17.6 Å². The summed E-state index contributed by atoms with van der Waals surface area (Å²) >= 11 is 0. The highest BCUT2D eigenvalue weighted by molar-refractivity contribution is 6.24. The SMILES string of the molecule is CCc1c2c(nc3ccc(OC(=O)N(C)CCN(C)C(=O)OCc4c5c(n(CC(=O)NCCOCCOCCOCCn6cc(CCC(=O)CCCC(=O)NC)nn6)c4C)C(=O)C=C(C)C5=O)cc13)-c1cc3c(c(=O)n1C2)COC(=O)[C@]3(O)CC. The summed E-state index contributed by atoms with van der Waals surface area (Å²) in [6, 6.07) is 6.68. The van der Waals surface area contributed by atoms with E-state index in [1.165, 1.54) is 41.5 Å². The fourth-order valence-electron chi connectivity index (χ4n) is 10.4. The number of carbonyl (C=O) groups excluding carboxylic acids is 8. The van der Waals surface area contributed by atoms with Gasteiger partial charge in [0.15, 0.2) is 11.4 Å². The number of carbonyl (C=O) groups is 8. The molecule has 85 heavy (non-hydrogen) atoms. The van der Waals surface area contributed by atoms with Gasteiger partial charge < -0.3 is 63.1 Å². The van der Waals surface area contributed by atoms with Crippen LogP contribution in [0.3, 0.4) is 0 Å². The van der Waals surface area contributed by atoms with Gasteiger partial charge >= 0.3 is 18.2 Å². The number of aliphatic hydroxyl groups is 1. The second-order valence-corrected chi connectivity index (χ2v) is 20.9. The molecule has 1 aliphatic carbocycles. The lowest BCUT2D eigenvalue weighted by Crippen LogP contribution is -2.44. The number of amides is 4. The van der Waals surface area contributed by atoms with E-state index in [-0.39, 0.29) is 122 Å². The molecule has 26 nitrogen and oxygen atoms in total. The molecule has 3 N–H and O–H groups in total. The molecule has 5 aromatic rings. The number of fused-ring (bicyclic) bond motifs is 6. The Bertz CT molecular complexity index is 3510. The molecule has 0 radical (unpaired) electrons. The third-order valence-electron chi connectivity index (χ3n) is 15.3. The van der Waals surface area contributed by atoms with Gasteiger partial charge in [-0.1, -0.05) is 19.1 Å². The van der Waals surface area contributed by atoms with Crippen LogP contribution in [0.25, 0.3) is 22.3 Å². The summed E-state index contributed by atoms with van der Waals surface area (Å²) < 4.78 is 38.1. The molecule has 3 aliphatic rings. The quantitative estimate of drug-likeness (QED) is 0.0446. The van der Waals surface area contributed by atoms with Gasteiger partial charge in [0, 0.05) is 99.6 Å². The van der Waals surface area contributed by atoms with E-state index in [1.807, 2.05) is 6.92 Å². The summed E-state index contributed by atoms with van der Waals surface area (Å²) in [5, 5.41) is 25.5. The third kappa shape index (κ3) is 14.2. The number of Topliss-reactive ketones (excluding diaryl/α,β-unsaturated/α-hetero) is 2. The van der Waals surface area contributed by atoms with Gasteiger partial charge in [0.05, 0.1) is 86.5 Å². The monoisotopic (exact) mass is 1180 g/mol. The van der Waals surface area contributed by atoms with Crippen LogP contribution >= 0.6 is 0 Å². The van der Waals surface area contributed by atoms with Crippen LogP contribution < -0.4 is 20.9 Å². The maximum Gasteiger partial charge on any atom is 0.415 e. The molecule has 26 heteroatoms. The van der Waals surface area contributed by atoms with E-state index >= 15 is 0 Å². The highest BCUT2D eigenvalue weighted by atomic mass is 16.6. The number of likely N-dealkylation sites (N-methyl/N-ethyl adjacent to an activating group) is 2. The van der Waals surface area contributed by atoms with E-state index in [9.17, 15) is 48.3 Å². The standard InChI is InChI=1S/C59H72N10O16/c1-8-40-41-28-39(15-16-46(41)62-52-42(40)31-69-47(52)29-45-44(55(69)75)34-83-56(76)59(45,79)9-2)85-58(78)66(7)19-18-65(6)57(77)84-33-43-36(4)68(53-48(71)27-35(3)54(74)51(43)53)32-50(73)61-17-21-80-23-25-82-26-24-81-22-20-67-30-37(63-64-67)13-14-38(70)11-10-12-49(72)60-5/h15-16,27-30,79H,8-14,17-26,31-34H2,1-7H3,(H,60,72)(H,61,73)/t59-/m0/s1. The van der Waals surface area contributed by atoms with Crippen molar-refractivity contribution >= 4 is 58.2 Å². The average Bonchev–Trinajstić information content (AvgIpc) is 1.82. The summed E-state index contributed by atoms with van der Waals surface area (Å²) in [5.41, 5.74) is 3.06. The number of rotatable bonds is 29. The number of ketones is 3. The molecule has 0 unspecified atom stereocenters. The summed E-state index contributed by atoms with van der Waals surface area (Å²) in [4.78, 5) is 124. The van der Waals surface area contributed by atoms with Crippen LogP contribution in [-0.2, 0) is 94.2 Å². The third-order valence-corrected chi connectivity index (χ3v) is 15.3. The zero-order chi connectivity index (χ0) is 61.1. The number of benzene rings is 1. The number of aromatic nitrogens is 6. The first-order valence-electron chi connectivity index (χ1n) is 28.3. The van der Waals surface area contributed by atoms with Gasteiger partial charge in [-0.3, -0.25) is 28.8 Å². The van der Waals surface area contributed by atoms with Crippen LogP contribution in [0.4, 0.5) is 9.59 Å². The van der Waals surface area contributed by atoms with Crippen molar-refractivity contribution in [2.24, 2.45) is 0 Å². The number of pyridine rings is 2. The fraction of sp³-hybridized carbons (Fsp3) is 0.492. The van der Waals surface area contributed by atoms with Crippen LogP contribution in [0.15, 0.2) is 46.9 Å². The van der Waals surface area contributed by atoms with Gasteiger partial charge in [-0.15, -0.1) is 5.10 Å². The van der Waals surface area contributed by atoms with Gasteiger partial charge in [-0.25, -0.2) is 24.0 Å². The Morgan fingerprint density at radius 3 is 2.29 bits per heavy atom. The van der Waals surface area contributed by atoms with Crippen LogP contribution in [0, 0.1) is 6.92 Å². The van der Waals surface area contributed by atoms with Gasteiger partial charge in [-0.05, 0) is 75.4 Å². The number of ether oxygens (including phenoxy) is 6. The molecule has 1 aromatic carbocycles. The van der Waals surface area contributed by atoms with Gasteiger partial charge in [0.25, 0.3) is 5.56 Å². The number of esters is 1. The molecule has 0 saturated carbocycles. The average molecular weight is 1180 g/mol. The number of hydrogen-bond acceptors (Lipinski definition) is 19.